The van der Waals surface area contributed by atoms with Crippen molar-refractivity contribution in [1.29, 1.82) is 0 Å². The van der Waals surface area contributed by atoms with E-state index in [1.54, 1.807) is 6.08 Å². The summed E-state index contributed by atoms with van der Waals surface area (Å²) in [4.78, 5) is 23.1. The van der Waals surface area contributed by atoms with Gasteiger partial charge in [-0.3, -0.25) is 13.8 Å². The van der Waals surface area contributed by atoms with E-state index >= 15 is 0 Å². The lowest BCUT2D eigenvalue weighted by Crippen LogP contribution is -2.45. The number of aliphatic hydroxyl groups is 1. The molecular formula is C47H92N2O6P+. The van der Waals surface area contributed by atoms with Crippen molar-refractivity contribution in [3.63, 3.8) is 0 Å². The van der Waals surface area contributed by atoms with Crippen LogP contribution in [0, 0.1) is 0 Å². The van der Waals surface area contributed by atoms with Crippen molar-refractivity contribution in [2.24, 2.45) is 0 Å². The second kappa shape index (κ2) is 39.2. The summed E-state index contributed by atoms with van der Waals surface area (Å²) in [5.74, 6) is -0.190. The Hall–Kier alpha value is -1.28. The number of hydrogen-bond donors (Lipinski definition) is 3. The van der Waals surface area contributed by atoms with Crippen LogP contribution < -0.4 is 5.32 Å². The molecule has 0 fully saturated rings. The number of carbonyl (C=O) groups is 1. The van der Waals surface area contributed by atoms with Crippen molar-refractivity contribution >= 4 is 13.7 Å². The predicted molar refractivity (Wildman–Crippen MR) is 240 cm³/mol. The fraction of sp³-hybridized carbons (Fsp3) is 0.851. The van der Waals surface area contributed by atoms with Gasteiger partial charge in [0.1, 0.15) is 13.2 Å². The Labute approximate surface area is 347 Å². The minimum atomic E-state index is -4.34. The van der Waals surface area contributed by atoms with Crippen LogP contribution in [0.5, 0.6) is 0 Å². The number of amides is 1. The number of hydrogen-bond acceptors (Lipinski definition) is 5. The van der Waals surface area contributed by atoms with Crippen LogP contribution in [0.4, 0.5) is 0 Å². The molecule has 0 aliphatic carbocycles. The second-order valence-corrected chi connectivity index (χ2v) is 18.6. The number of allylic oxidation sites excluding steroid dienone is 5. The van der Waals surface area contributed by atoms with Crippen LogP contribution in [-0.2, 0) is 18.4 Å². The zero-order valence-electron chi connectivity index (χ0n) is 37.4. The molecule has 0 aromatic rings. The molecule has 8 nitrogen and oxygen atoms in total. The average Bonchev–Trinajstić information content (AvgIpc) is 3.15. The van der Waals surface area contributed by atoms with Gasteiger partial charge in [-0.05, 0) is 57.8 Å². The van der Waals surface area contributed by atoms with Gasteiger partial charge in [-0.15, -0.1) is 0 Å². The first-order chi connectivity index (χ1) is 27.0. The molecule has 9 heteroatoms. The van der Waals surface area contributed by atoms with Crippen LogP contribution in [0.15, 0.2) is 36.5 Å². The summed E-state index contributed by atoms with van der Waals surface area (Å²) < 4.78 is 23.5. The van der Waals surface area contributed by atoms with Crippen LogP contribution in [0.1, 0.15) is 206 Å². The molecule has 0 spiro atoms. The standard InChI is InChI=1S/C47H91N2O6P/c1-6-8-10-12-14-16-18-20-21-22-23-24-25-26-27-29-31-33-35-37-39-41-47(51)48-45(44-55-56(52,53)54-43-42-49(3,4)5)46(50)40-38-36-34-32-30-28-19-17-15-13-11-9-7-2/h22-23,30,32,38,40,45-46,50H,6-21,24-29,31,33-37,39,41-44H2,1-5H3,(H-,48,51,52,53)/p+1/b23-22-,32-30+,40-38+. The van der Waals surface area contributed by atoms with Gasteiger partial charge in [-0.25, -0.2) is 4.57 Å². The first-order valence-electron chi connectivity index (χ1n) is 23.4. The Morgan fingerprint density at radius 2 is 0.982 bits per heavy atom. The maximum absolute atomic E-state index is 12.9. The van der Waals surface area contributed by atoms with E-state index < -0.39 is 20.0 Å². The number of likely N-dealkylation sites (N-methyl/N-ethyl adjacent to an activating group) is 1. The molecule has 0 saturated heterocycles. The van der Waals surface area contributed by atoms with Gasteiger partial charge in [0.25, 0.3) is 0 Å². The summed E-state index contributed by atoms with van der Waals surface area (Å²) >= 11 is 0. The Balaban J connectivity index is 4.35. The van der Waals surface area contributed by atoms with Gasteiger partial charge in [0, 0.05) is 6.42 Å². The van der Waals surface area contributed by atoms with Crippen molar-refractivity contribution in [2.75, 3.05) is 40.9 Å². The molecule has 0 aromatic carbocycles. The summed E-state index contributed by atoms with van der Waals surface area (Å²) in [6, 6.07) is -0.862. The van der Waals surface area contributed by atoms with Gasteiger partial charge in [-0.1, -0.05) is 179 Å². The molecule has 0 heterocycles. The third-order valence-electron chi connectivity index (χ3n) is 10.3. The van der Waals surface area contributed by atoms with E-state index in [2.05, 4.69) is 43.5 Å². The molecule has 0 aromatic heterocycles. The Morgan fingerprint density at radius 1 is 0.589 bits per heavy atom. The van der Waals surface area contributed by atoms with Crippen molar-refractivity contribution in [2.45, 2.75) is 219 Å². The van der Waals surface area contributed by atoms with Crippen LogP contribution in [0.2, 0.25) is 0 Å². The van der Waals surface area contributed by atoms with Gasteiger partial charge in [-0.2, -0.15) is 0 Å². The van der Waals surface area contributed by atoms with Gasteiger partial charge in [0.15, 0.2) is 0 Å². The molecule has 330 valence electrons. The van der Waals surface area contributed by atoms with E-state index in [0.29, 0.717) is 17.4 Å². The molecule has 0 saturated carbocycles. The number of unbranched alkanes of at least 4 members (excludes halogenated alkanes) is 25. The number of nitrogens with zero attached hydrogens (tertiary/aromatic N) is 1. The predicted octanol–water partition coefficient (Wildman–Crippen LogP) is 13.1. The fourth-order valence-electron chi connectivity index (χ4n) is 6.58. The molecule has 56 heavy (non-hydrogen) atoms. The zero-order chi connectivity index (χ0) is 41.4. The quantitative estimate of drug-likeness (QED) is 0.0245. The third kappa shape index (κ3) is 40.9. The molecule has 0 aliphatic heterocycles. The van der Waals surface area contributed by atoms with Gasteiger partial charge in [0.05, 0.1) is 39.9 Å². The average molecular weight is 812 g/mol. The topological polar surface area (TPSA) is 105 Å². The highest BCUT2D eigenvalue weighted by Crippen LogP contribution is 2.43. The second-order valence-electron chi connectivity index (χ2n) is 17.1. The maximum Gasteiger partial charge on any atom is 0.472 e. The maximum atomic E-state index is 12.9. The largest absolute Gasteiger partial charge is 0.472 e. The summed E-state index contributed by atoms with van der Waals surface area (Å²) in [5, 5.41) is 13.8. The van der Waals surface area contributed by atoms with Crippen LogP contribution in [-0.4, -0.2) is 73.4 Å². The fourth-order valence-corrected chi connectivity index (χ4v) is 7.32. The highest BCUT2D eigenvalue weighted by molar-refractivity contribution is 7.47. The lowest BCUT2D eigenvalue weighted by atomic mass is 10.0. The van der Waals surface area contributed by atoms with Crippen LogP contribution in [0.3, 0.4) is 0 Å². The van der Waals surface area contributed by atoms with Crippen molar-refractivity contribution < 1.29 is 32.9 Å². The summed E-state index contributed by atoms with van der Waals surface area (Å²) in [6.07, 6.45) is 47.9. The minimum absolute atomic E-state index is 0.0559. The van der Waals surface area contributed by atoms with Crippen LogP contribution >= 0.6 is 7.82 Å². The van der Waals surface area contributed by atoms with E-state index in [1.807, 2.05) is 27.2 Å². The molecule has 0 rings (SSSR count). The van der Waals surface area contributed by atoms with E-state index in [4.69, 9.17) is 9.05 Å². The molecule has 3 N–H and O–H groups in total. The number of aliphatic hydroxyl groups excluding tert-OH is 1. The van der Waals surface area contributed by atoms with Crippen molar-refractivity contribution in [3.8, 4) is 0 Å². The first-order valence-corrected chi connectivity index (χ1v) is 24.9. The Bertz CT molecular complexity index is 1010. The SMILES string of the molecule is CCCCCCCCC/C=C/CC/C=C/C(O)C(COP(=O)(O)OCC[N+](C)(C)C)NC(=O)CCCCCCCCCCC/C=C\CCCCCCCCCC. The summed E-state index contributed by atoms with van der Waals surface area (Å²) in [5.41, 5.74) is 0. The highest BCUT2D eigenvalue weighted by Gasteiger charge is 2.27. The zero-order valence-corrected chi connectivity index (χ0v) is 38.3. The van der Waals surface area contributed by atoms with E-state index in [-0.39, 0.29) is 19.1 Å². The van der Waals surface area contributed by atoms with Gasteiger partial charge in [0.2, 0.25) is 5.91 Å². The summed E-state index contributed by atoms with van der Waals surface area (Å²) in [6.45, 7) is 4.78. The molecule has 0 radical (unpaired) electrons. The minimum Gasteiger partial charge on any atom is -0.387 e. The summed E-state index contributed by atoms with van der Waals surface area (Å²) in [7, 11) is 1.55. The van der Waals surface area contributed by atoms with E-state index in [1.165, 1.54) is 148 Å². The molecule has 0 aliphatic rings. The number of quaternary nitrogens is 1. The van der Waals surface area contributed by atoms with Crippen LogP contribution in [0.25, 0.3) is 0 Å². The first kappa shape index (κ1) is 54.7. The third-order valence-corrected chi connectivity index (χ3v) is 11.3. The molecular weight excluding hydrogens is 719 g/mol. The van der Waals surface area contributed by atoms with Crippen molar-refractivity contribution in [3.05, 3.63) is 36.5 Å². The Kier molecular flexibility index (Phi) is 38.3. The number of rotatable bonds is 42. The van der Waals surface area contributed by atoms with Crippen molar-refractivity contribution in [1.82, 2.24) is 5.32 Å². The molecule has 1 amide bonds. The number of carbonyl (C=O) groups excluding carboxylic acids is 1. The molecule has 3 unspecified atom stereocenters. The monoisotopic (exact) mass is 812 g/mol. The normalized spacial score (nSPS) is 14.6. The molecule has 3 atom stereocenters. The highest BCUT2D eigenvalue weighted by atomic mass is 31.2. The lowest BCUT2D eigenvalue weighted by Gasteiger charge is -2.25. The van der Waals surface area contributed by atoms with Gasteiger partial charge < -0.3 is 19.8 Å². The molecule has 0 bridgehead atoms. The lowest BCUT2D eigenvalue weighted by molar-refractivity contribution is -0.870. The Morgan fingerprint density at radius 3 is 1.43 bits per heavy atom. The number of phosphoric acid groups is 1. The smallest absolute Gasteiger partial charge is 0.387 e. The number of nitrogens with one attached hydrogen (secondary N) is 1. The van der Waals surface area contributed by atoms with E-state index in [9.17, 15) is 19.4 Å². The number of phosphoric ester groups is 1. The van der Waals surface area contributed by atoms with E-state index in [0.717, 1.165) is 38.5 Å². The van der Waals surface area contributed by atoms with Gasteiger partial charge >= 0.3 is 7.82 Å².